The molecule has 11 heteroatoms. The number of aryl methyl sites for hydroxylation is 1. The summed E-state index contributed by atoms with van der Waals surface area (Å²) in [6.07, 6.45) is 0.829. The molecule has 2 amide bonds. The summed E-state index contributed by atoms with van der Waals surface area (Å²) in [4.78, 5) is 30.6. The molecule has 0 saturated heterocycles. The molecule has 188 valence electrons. The molecule has 4 rings (SSSR count). The van der Waals surface area contributed by atoms with E-state index >= 15 is 0 Å². The maximum Gasteiger partial charge on any atom is 0.251 e. The molecule has 0 bridgehead atoms. The van der Waals surface area contributed by atoms with Crippen molar-refractivity contribution in [1.82, 2.24) is 25.5 Å². The fourth-order valence-electron chi connectivity index (χ4n) is 3.60. The van der Waals surface area contributed by atoms with Crippen molar-refractivity contribution >= 4 is 40.4 Å². The number of hydrogen-bond acceptors (Lipinski definition) is 7. The lowest BCUT2D eigenvalue weighted by atomic mass is 10.1. The number of benzene rings is 1. The van der Waals surface area contributed by atoms with Gasteiger partial charge in [-0.2, -0.15) is 4.80 Å². The Balaban J connectivity index is 1.65. The number of nitrogens with zero attached hydrogens (tertiary/aromatic N) is 5. The van der Waals surface area contributed by atoms with E-state index in [1.807, 2.05) is 24.4 Å². The molecule has 0 saturated carbocycles. The van der Waals surface area contributed by atoms with Crippen molar-refractivity contribution in [3.63, 3.8) is 0 Å². The van der Waals surface area contributed by atoms with E-state index in [2.05, 4.69) is 34.6 Å². The average molecular weight is 527 g/mol. The first-order chi connectivity index (χ1) is 17.3. The summed E-state index contributed by atoms with van der Waals surface area (Å²) in [5, 5.41) is 17.7. The number of halogens is 1. The average Bonchev–Trinajstić information content (AvgIpc) is 3.60. The SMILES string of the molecule is Cc1ccc(-c2nnn(CC(=O)N(c3ccc(Cl)cc3)C(C(=O)NCCC(C)C)c3cccs3)n2)o1. The predicted molar refractivity (Wildman–Crippen MR) is 139 cm³/mol. The molecule has 0 radical (unpaired) electrons. The zero-order chi connectivity index (χ0) is 25.7. The van der Waals surface area contributed by atoms with Crippen molar-refractivity contribution in [2.24, 2.45) is 5.92 Å². The van der Waals surface area contributed by atoms with Crippen LogP contribution in [0, 0.1) is 12.8 Å². The van der Waals surface area contributed by atoms with Gasteiger partial charge in [0.1, 0.15) is 18.3 Å². The molecule has 0 aliphatic rings. The van der Waals surface area contributed by atoms with Crippen molar-refractivity contribution in [3.8, 4) is 11.6 Å². The summed E-state index contributed by atoms with van der Waals surface area (Å²) in [7, 11) is 0. The molecular formula is C25H27ClN6O3S. The lowest BCUT2D eigenvalue weighted by Gasteiger charge is -2.30. The number of carbonyl (C=O) groups is 2. The summed E-state index contributed by atoms with van der Waals surface area (Å²) in [6.45, 7) is 6.29. The minimum absolute atomic E-state index is 0.226. The third-order valence-electron chi connectivity index (χ3n) is 5.40. The van der Waals surface area contributed by atoms with E-state index in [1.165, 1.54) is 21.0 Å². The van der Waals surface area contributed by atoms with Gasteiger partial charge in [-0.25, -0.2) is 0 Å². The van der Waals surface area contributed by atoms with Gasteiger partial charge in [-0.15, -0.1) is 21.5 Å². The van der Waals surface area contributed by atoms with Crippen molar-refractivity contribution in [2.75, 3.05) is 11.4 Å². The molecule has 4 aromatic rings. The van der Waals surface area contributed by atoms with Crippen LogP contribution < -0.4 is 10.2 Å². The number of aromatic nitrogens is 4. The van der Waals surface area contributed by atoms with Crippen LogP contribution in [0.25, 0.3) is 11.6 Å². The summed E-state index contributed by atoms with van der Waals surface area (Å²) < 4.78 is 5.55. The first-order valence-electron chi connectivity index (χ1n) is 11.5. The molecule has 0 aliphatic heterocycles. The number of thiophene rings is 1. The normalized spacial score (nSPS) is 12.0. The number of nitrogens with one attached hydrogen (secondary N) is 1. The molecule has 1 atom stereocenters. The van der Waals surface area contributed by atoms with E-state index in [9.17, 15) is 9.59 Å². The third-order valence-corrected chi connectivity index (χ3v) is 6.58. The minimum atomic E-state index is -0.874. The van der Waals surface area contributed by atoms with Gasteiger partial charge in [-0.05, 0) is 72.3 Å². The Bertz CT molecular complexity index is 1300. The van der Waals surface area contributed by atoms with Crippen LogP contribution in [0.3, 0.4) is 0 Å². The summed E-state index contributed by atoms with van der Waals surface area (Å²) in [5.74, 6) is 1.24. The highest BCUT2D eigenvalue weighted by Crippen LogP contribution is 2.32. The molecular weight excluding hydrogens is 500 g/mol. The Morgan fingerprint density at radius 1 is 1.17 bits per heavy atom. The van der Waals surface area contributed by atoms with Crippen LogP contribution in [0.4, 0.5) is 5.69 Å². The van der Waals surface area contributed by atoms with Gasteiger partial charge in [0.15, 0.2) is 5.76 Å². The maximum absolute atomic E-state index is 13.7. The van der Waals surface area contributed by atoms with Crippen LogP contribution in [0.5, 0.6) is 0 Å². The van der Waals surface area contributed by atoms with Gasteiger partial charge in [-0.3, -0.25) is 14.5 Å². The topological polar surface area (TPSA) is 106 Å². The monoisotopic (exact) mass is 526 g/mol. The van der Waals surface area contributed by atoms with Crippen LogP contribution in [0.2, 0.25) is 5.02 Å². The first kappa shape index (κ1) is 25.6. The summed E-state index contributed by atoms with van der Waals surface area (Å²) >= 11 is 7.52. The number of hydrogen-bond donors (Lipinski definition) is 1. The van der Waals surface area contributed by atoms with Gasteiger partial charge < -0.3 is 9.73 Å². The van der Waals surface area contributed by atoms with E-state index in [4.69, 9.17) is 16.0 Å². The van der Waals surface area contributed by atoms with E-state index in [0.29, 0.717) is 34.7 Å². The van der Waals surface area contributed by atoms with E-state index < -0.39 is 6.04 Å². The van der Waals surface area contributed by atoms with Crippen molar-refractivity contribution in [3.05, 3.63) is 69.6 Å². The number of carbonyl (C=O) groups excluding carboxylic acids is 2. The third kappa shape index (κ3) is 6.19. The number of tetrazole rings is 1. The van der Waals surface area contributed by atoms with Gasteiger partial charge in [0.25, 0.3) is 5.91 Å². The van der Waals surface area contributed by atoms with Crippen LogP contribution in [0.1, 0.15) is 36.9 Å². The quantitative estimate of drug-likeness (QED) is 0.315. The van der Waals surface area contributed by atoms with E-state index in [0.717, 1.165) is 11.3 Å². The van der Waals surface area contributed by atoms with Crippen LogP contribution >= 0.6 is 22.9 Å². The Kier molecular flexibility index (Phi) is 8.17. The minimum Gasteiger partial charge on any atom is -0.458 e. The van der Waals surface area contributed by atoms with Crippen molar-refractivity contribution in [1.29, 1.82) is 0 Å². The standard InChI is InChI=1S/C25H27ClN6O3S/c1-16(2)12-13-27-25(34)23(21-5-4-14-36-21)32(19-9-7-18(26)8-10-19)22(33)15-31-29-24(28-30-31)20-11-6-17(3)35-20/h4-11,14,16,23H,12-13,15H2,1-3H3,(H,27,34). The first-order valence-corrected chi connectivity index (χ1v) is 12.8. The van der Waals surface area contributed by atoms with Crippen molar-refractivity contribution < 1.29 is 14.0 Å². The zero-order valence-corrected chi connectivity index (χ0v) is 21.8. The number of rotatable bonds is 10. The van der Waals surface area contributed by atoms with Gasteiger partial charge in [0.05, 0.1) is 0 Å². The molecule has 3 heterocycles. The largest absolute Gasteiger partial charge is 0.458 e. The van der Waals surface area contributed by atoms with Gasteiger partial charge in [0, 0.05) is 22.1 Å². The molecule has 0 fully saturated rings. The highest BCUT2D eigenvalue weighted by atomic mass is 35.5. The van der Waals surface area contributed by atoms with Crippen LogP contribution in [-0.2, 0) is 16.1 Å². The highest BCUT2D eigenvalue weighted by molar-refractivity contribution is 7.10. The molecule has 1 N–H and O–H groups in total. The molecule has 1 aromatic carbocycles. The van der Waals surface area contributed by atoms with Crippen LogP contribution in [0.15, 0.2) is 58.3 Å². The Morgan fingerprint density at radius 3 is 2.58 bits per heavy atom. The second-order valence-electron chi connectivity index (χ2n) is 8.69. The Labute approximate surface area is 218 Å². The fourth-order valence-corrected chi connectivity index (χ4v) is 4.54. The molecule has 9 nitrogen and oxygen atoms in total. The maximum atomic E-state index is 13.7. The molecule has 1 unspecified atom stereocenters. The Hall–Kier alpha value is -3.50. The van der Waals surface area contributed by atoms with Gasteiger partial charge >= 0.3 is 0 Å². The number of anilines is 1. The summed E-state index contributed by atoms with van der Waals surface area (Å²) in [5.41, 5.74) is 0.531. The zero-order valence-electron chi connectivity index (χ0n) is 20.2. The number of amides is 2. The predicted octanol–water partition coefficient (Wildman–Crippen LogP) is 4.89. The van der Waals surface area contributed by atoms with Gasteiger partial charge in [-0.1, -0.05) is 31.5 Å². The van der Waals surface area contributed by atoms with E-state index in [1.54, 1.807) is 36.4 Å². The molecule has 3 aromatic heterocycles. The molecule has 0 spiro atoms. The van der Waals surface area contributed by atoms with Gasteiger partial charge in [0.2, 0.25) is 11.7 Å². The fraction of sp³-hybridized carbons (Fsp3) is 0.320. The van der Waals surface area contributed by atoms with Crippen molar-refractivity contribution in [2.45, 2.75) is 39.8 Å². The smallest absolute Gasteiger partial charge is 0.251 e. The summed E-state index contributed by atoms with van der Waals surface area (Å²) in [6, 6.07) is 13.2. The lowest BCUT2D eigenvalue weighted by Crippen LogP contribution is -2.45. The van der Waals surface area contributed by atoms with E-state index in [-0.39, 0.29) is 24.2 Å². The lowest BCUT2D eigenvalue weighted by molar-refractivity contribution is -0.127. The highest BCUT2D eigenvalue weighted by Gasteiger charge is 2.34. The van der Waals surface area contributed by atoms with Crippen LogP contribution in [-0.4, -0.2) is 38.6 Å². The Morgan fingerprint density at radius 2 is 1.94 bits per heavy atom. The second-order valence-corrected chi connectivity index (χ2v) is 10.1. The number of furan rings is 1. The second kappa shape index (κ2) is 11.5. The molecule has 36 heavy (non-hydrogen) atoms. The molecule has 0 aliphatic carbocycles.